The summed E-state index contributed by atoms with van der Waals surface area (Å²) in [5, 5.41) is 9.14. The Labute approximate surface area is 204 Å². The standard InChI is InChI=1S/C23H26F4N6OS/c1-12(2)33-22(34-18-8-16(23(25,26)27)7-17(24)9-18)29-21(30-33)28-20-14-4-5-15(20)11-32(10-14)19-6-13(3)31-35-19/h6-9,12,14-15,20H,4-5,10-11H2,1-3H3,(H,28,30). The van der Waals surface area contributed by atoms with Crippen LogP contribution in [0.15, 0.2) is 24.3 Å². The first-order chi connectivity index (χ1) is 16.6. The van der Waals surface area contributed by atoms with E-state index in [1.54, 1.807) is 0 Å². The summed E-state index contributed by atoms with van der Waals surface area (Å²) in [6.07, 6.45) is -2.51. The van der Waals surface area contributed by atoms with Crippen molar-refractivity contribution in [2.75, 3.05) is 23.3 Å². The van der Waals surface area contributed by atoms with Gasteiger partial charge >= 0.3 is 12.2 Å². The van der Waals surface area contributed by atoms with Crippen LogP contribution in [0.25, 0.3) is 0 Å². The van der Waals surface area contributed by atoms with E-state index in [4.69, 9.17) is 4.74 Å². The third kappa shape index (κ3) is 4.93. The van der Waals surface area contributed by atoms with E-state index in [9.17, 15) is 17.6 Å². The van der Waals surface area contributed by atoms with E-state index < -0.39 is 17.6 Å². The van der Waals surface area contributed by atoms with Gasteiger partial charge in [0, 0.05) is 25.2 Å². The Morgan fingerprint density at radius 1 is 1.11 bits per heavy atom. The number of nitrogens with one attached hydrogen (secondary N) is 1. The highest BCUT2D eigenvalue weighted by Gasteiger charge is 2.43. The molecule has 2 aliphatic rings. The largest absolute Gasteiger partial charge is 0.424 e. The van der Waals surface area contributed by atoms with Crippen LogP contribution in [-0.4, -0.2) is 38.3 Å². The molecule has 3 aromatic rings. The number of hydrogen-bond acceptors (Lipinski definition) is 7. The molecule has 12 heteroatoms. The topological polar surface area (TPSA) is 68.1 Å². The lowest BCUT2D eigenvalue weighted by molar-refractivity contribution is -0.137. The predicted octanol–water partition coefficient (Wildman–Crippen LogP) is 5.90. The third-order valence-electron chi connectivity index (χ3n) is 6.55. The third-order valence-corrected chi connectivity index (χ3v) is 7.50. The maximum atomic E-state index is 13.8. The number of hydrogen-bond donors (Lipinski definition) is 1. The van der Waals surface area contributed by atoms with Crippen molar-refractivity contribution in [2.24, 2.45) is 11.8 Å². The smallest absolute Gasteiger partial charge is 0.416 e. The van der Waals surface area contributed by atoms with Gasteiger partial charge in [0.15, 0.2) is 0 Å². The van der Waals surface area contributed by atoms with Gasteiger partial charge in [-0.3, -0.25) is 0 Å². The molecule has 1 saturated carbocycles. The highest BCUT2D eigenvalue weighted by molar-refractivity contribution is 7.10. The summed E-state index contributed by atoms with van der Waals surface area (Å²) in [4.78, 5) is 6.80. The Morgan fingerprint density at radius 3 is 2.43 bits per heavy atom. The molecular weight excluding hydrogens is 484 g/mol. The first kappa shape index (κ1) is 23.8. The molecule has 1 aromatic carbocycles. The fourth-order valence-corrected chi connectivity index (χ4v) is 5.73. The number of halogens is 4. The van der Waals surface area contributed by atoms with Crippen molar-refractivity contribution in [3.05, 3.63) is 41.3 Å². The predicted molar refractivity (Wildman–Crippen MR) is 125 cm³/mol. The summed E-state index contributed by atoms with van der Waals surface area (Å²) in [6.45, 7) is 7.53. The minimum atomic E-state index is -4.69. The van der Waals surface area contributed by atoms with Crippen molar-refractivity contribution < 1.29 is 22.3 Å². The molecule has 1 N–H and O–H groups in total. The summed E-state index contributed by atoms with van der Waals surface area (Å²) >= 11 is 1.52. The second kappa shape index (κ2) is 8.96. The van der Waals surface area contributed by atoms with E-state index in [1.807, 2.05) is 20.8 Å². The molecule has 7 nitrogen and oxygen atoms in total. The molecule has 35 heavy (non-hydrogen) atoms. The maximum Gasteiger partial charge on any atom is 0.416 e. The average Bonchev–Trinajstić information content (AvgIpc) is 3.43. The van der Waals surface area contributed by atoms with E-state index in [2.05, 4.69) is 30.7 Å². The minimum Gasteiger partial charge on any atom is -0.424 e. The normalized spacial score (nSPS) is 22.2. The van der Waals surface area contributed by atoms with Crippen molar-refractivity contribution >= 4 is 22.5 Å². The molecule has 2 atom stereocenters. The monoisotopic (exact) mass is 510 g/mol. The van der Waals surface area contributed by atoms with Crippen molar-refractivity contribution in [2.45, 2.75) is 51.9 Å². The molecule has 0 radical (unpaired) electrons. The lowest BCUT2D eigenvalue weighted by atomic mass is 9.92. The molecule has 2 unspecified atom stereocenters. The van der Waals surface area contributed by atoms with E-state index in [-0.39, 0.29) is 23.8 Å². The van der Waals surface area contributed by atoms with E-state index >= 15 is 0 Å². The van der Waals surface area contributed by atoms with Crippen LogP contribution in [-0.2, 0) is 6.18 Å². The molecule has 0 spiro atoms. The quantitative estimate of drug-likeness (QED) is 0.417. The van der Waals surface area contributed by atoms with Gasteiger partial charge < -0.3 is 15.0 Å². The number of alkyl halides is 3. The second-order valence-electron chi connectivity index (χ2n) is 9.51. The van der Waals surface area contributed by atoms with Gasteiger partial charge in [0.05, 0.1) is 17.3 Å². The lowest BCUT2D eigenvalue weighted by Gasteiger charge is -2.38. The average molecular weight is 511 g/mol. The first-order valence-electron chi connectivity index (χ1n) is 11.5. The highest BCUT2D eigenvalue weighted by Crippen LogP contribution is 2.41. The van der Waals surface area contributed by atoms with Crippen LogP contribution in [0, 0.1) is 24.6 Å². The zero-order valence-corrected chi connectivity index (χ0v) is 20.3. The van der Waals surface area contributed by atoms with Crippen molar-refractivity contribution in [1.29, 1.82) is 0 Å². The zero-order chi connectivity index (χ0) is 24.9. The Kier molecular flexibility index (Phi) is 6.10. The molecule has 188 valence electrons. The second-order valence-corrected chi connectivity index (χ2v) is 10.3. The van der Waals surface area contributed by atoms with Crippen molar-refractivity contribution in [1.82, 2.24) is 19.1 Å². The number of fused-ring (bicyclic) bond motifs is 2. The Hall–Kier alpha value is -2.89. The molecular formula is C23H26F4N6OS. The summed E-state index contributed by atoms with van der Waals surface area (Å²) in [6, 6.07) is 4.23. The summed E-state index contributed by atoms with van der Waals surface area (Å²) in [7, 11) is 0. The maximum absolute atomic E-state index is 13.8. The van der Waals surface area contributed by atoms with Crippen LogP contribution >= 0.6 is 11.5 Å². The van der Waals surface area contributed by atoms with Crippen LogP contribution in [0.5, 0.6) is 11.8 Å². The van der Waals surface area contributed by atoms with Gasteiger partial charge in [-0.2, -0.15) is 22.5 Å². The van der Waals surface area contributed by atoms with Crippen molar-refractivity contribution in [3.63, 3.8) is 0 Å². The number of aromatic nitrogens is 4. The Balaban J connectivity index is 1.34. The fourth-order valence-electron chi connectivity index (χ4n) is 4.95. The van der Waals surface area contributed by atoms with Crippen LogP contribution in [0.2, 0.25) is 0 Å². The molecule has 3 heterocycles. The van der Waals surface area contributed by atoms with Gasteiger partial charge in [0.25, 0.3) is 0 Å². The molecule has 5 rings (SSSR count). The molecule has 1 aliphatic heterocycles. The van der Waals surface area contributed by atoms with Crippen molar-refractivity contribution in [3.8, 4) is 11.8 Å². The van der Waals surface area contributed by atoms with E-state index in [0.717, 1.165) is 43.8 Å². The number of piperidine rings is 1. The molecule has 2 aromatic heterocycles. The minimum absolute atomic E-state index is 0.00569. The zero-order valence-electron chi connectivity index (χ0n) is 19.5. The number of ether oxygens (including phenoxy) is 1. The molecule has 2 fully saturated rings. The SMILES string of the molecule is Cc1cc(N2CC3CCC(C2)C3Nc2nc(Oc3cc(F)cc(C(F)(F)F)c3)n(C(C)C)n2)sn1. The summed E-state index contributed by atoms with van der Waals surface area (Å²) < 4.78 is 64.6. The molecule has 2 bridgehead atoms. The summed E-state index contributed by atoms with van der Waals surface area (Å²) in [5.74, 6) is -0.159. The Morgan fingerprint density at radius 2 is 1.83 bits per heavy atom. The first-order valence-corrected chi connectivity index (χ1v) is 12.3. The fraction of sp³-hybridized carbons (Fsp3) is 0.522. The van der Waals surface area contributed by atoms with Gasteiger partial charge in [-0.15, -0.1) is 5.10 Å². The van der Waals surface area contributed by atoms with Gasteiger partial charge in [0.1, 0.15) is 16.6 Å². The highest BCUT2D eigenvalue weighted by atomic mass is 32.1. The van der Waals surface area contributed by atoms with Gasteiger partial charge in [-0.1, -0.05) is 0 Å². The van der Waals surface area contributed by atoms with E-state index in [1.165, 1.54) is 21.2 Å². The van der Waals surface area contributed by atoms with E-state index in [0.29, 0.717) is 23.9 Å². The number of nitrogens with zero attached hydrogens (tertiary/aromatic N) is 5. The van der Waals surface area contributed by atoms with Crippen LogP contribution in [0.4, 0.5) is 28.5 Å². The lowest BCUT2D eigenvalue weighted by Crippen LogP contribution is -2.48. The number of benzene rings is 1. The number of anilines is 2. The van der Waals surface area contributed by atoms with Gasteiger partial charge in [-0.05, 0) is 75.2 Å². The van der Waals surface area contributed by atoms with Gasteiger partial charge in [-0.25, -0.2) is 9.07 Å². The molecule has 1 saturated heterocycles. The number of aryl methyl sites for hydroxylation is 1. The Bertz CT molecular complexity index is 1200. The molecule has 0 amide bonds. The van der Waals surface area contributed by atoms with Crippen LogP contribution in [0.1, 0.15) is 44.0 Å². The van der Waals surface area contributed by atoms with Gasteiger partial charge in [0.2, 0.25) is 5.95 Å². The van der Waals surface area contributed by atoms with Crippen LogP contribution < -0.4 is 15.0 Å². The molecule has 1 aliphatic carbocycles. The van der Waals surface area contributed by atoms with Crippen LogP contribution in [0.3, 0.4) is 0 Å². The summed E-state index contributed by atoms with van der Waals surface area (Å²) in [5.41, 5.74) is -0.102. The number of rotatable bonds is 6.